The zero-order chi connectivity index (χ0) is 39.8. The maximum atomic E-state index is 2.41. The fraction of sp³-hybridized carbons (Fsp3) is 0. The van der Waals surface area contributed by atoms with Crippen molar-refractivity contribution in [2.75, 3.05) is 4.90 Å². The van der Waals surface area contributed by atoms with Gasteiger partial charge in [-0.2, -0.15) is 0 Å². The van der Waals surface area contributed by atoms with Gasteiger partial charge in [0.1, 0.15) is 0 Å². The van der Waals surface area contributed by atoms with Crippen LogP contribution in [0.2, 0.25) is 0 Å². The van der Waals surface area contributed by atoms with Crippen LogP contribution in [0.3, 0.4) is 0 Å². The van der Waals surface area contributed by atoms with Gasteiger partial charge in [-0.15, -0.1) is 0 Å². The van der Waals surface area contributed by atoms with Crippen molar-refractivity contribution in [1.82, 2.24) is 4.57 Å². The van der Waals surface area contributed by atoms with Gasteiger partial charge < -0.3 is 9.47 Å². The molecule has 0 bridgehead atoms. The molecule has 0 fully saturated rings. The fourth-order valence-electron chi connectivity index (χ4n) is 8.84. The zero-order valence-electron chi connectivity index (χ0n) is 33.0. The van der Waals surface area contributed by atoms with E-state index in [1.807, 2.05) is 0 Å². The van der Waals surface area contributed by atoms with Gasteiger partial charge in [-0.3, -0.25) is 0 Å². The summed E-state index contributed by atoms with van der Waals surface area (Å²) in [5.74, 6) is 0. The molecular weight excluding hydrogens is 725 g/mol. The number of rotatable bonds is 8. The third-order valence-corrected chi connectivity index (χ3v) is 11.8. The molecule has 1 aromatic heterocycles. The predicted octanol–water partition coefficient (Wildman–Crippen LogP) is 16.1. The first kappa shape index (κ1) is 35.2. The Bertz CT molecular complexity index is 3270. The summed E-state index contributed by atoms with van der Waals surface area (Å²) < 4.78 is 2.41. The van der Waals surface area contributed by atoms with E-state index in [0.29, 0.717) is 0 Å². The highest BCUT2D eigenvalue weighted by molar-refractivity contribution is 6.13. The molecule has 2 heteroatoms. The molecule has 11 aromatic rings. The van der Waals surface area contributed by atoms with E-state index in [-0.39, 0.29) is 0 Å². The van der Waals surface area contributed by atoms with Gasteiger partial charge in [-0.25, -0.2) is 0 Å². The van der Waals surface area contributed by atoms with E-state index >= 15 is 0 Å². The van der Waals surface area contributed by atoms with Crippen LogP contribution in [-0.4, -0.2) is 4.57 Å². The van der Waals surface area contributed by atoms with E-state index in [0.717, 1.165) is 22.7 Å². The van der Waals surface area contributed by atoms with E-state index in [1.165, 1.54) is 77.1 Å². The summed E-state index contributed by atoms with van der Waals surface area (Å²) in [6.45, 7) is 0. The lowest BCUT2D eigenvalue weighted by molar-refractivity contribution is 1.18. The molecule has 2 nitrogen and oxygen atoms in total. The molecule has 0 saturated heterocycles. The average molecular weight is 765 g/mol. The van der Waals surface area contributed by atoms with Gasteiger partial charge >= 0.3 is 0 Å². The van der Waals surface area contributed by atoms with Crippen LogP contribution in [0.4, 0.5) is 17.1 Å². The van der Waals surface area contributed by atoms with Crippen LogP contribution < -0.4 is 4.90 Å². The Labute approximate surface area is 350 Å². The minimum Gasteiger partial charge on any atom is -0.311 e. The number of hydrogen-bond donors (Lipinski definition) is 0. The molecule has 0 spiro atoms. The van der Waals surface area contributed by atoms with Crippen LogP contribution in [0, 0.1) is 0 Å². The maximum absolute atomic E-state index is 2.41. The highest BCUT2D eigenvalue weighted by Gasteiger charge is 2.17. The highest BCUT2D eigenvalue weighted by atomic mass is 15.1. The van der Waals surface area contributed by atoms with Gasteiger partial charge in [0, 0.05) is 33.5 Å². The number of hydrogen-bond acceptors (Lipinski definition) is 1. The highest BCUT2D eigenvalue weighted by Crippen LogP contribution is 2.40. The summed E-state index contributed by atoms with van der Waals surface area (Å²) in [5.41, 5.74) is 16.4. The Hall–Kier alpha value is -7.94. The Morgan fingerprint density at radius 3 is 1.35 bits per heavy atom. The van der Waals surface area contributed by atoms with Crippen molar-refractivity contribution in [2.24, 2.45) is 0 Å². The molecule has 0 saturated carbocycles. The van der Waals surface area contributed by atoms with Crippen molar-refractivity contribution < 1.29 is 0 Å². The Kier molecular flexibility index (Phi) is 8.87. The largest absolute Gasteiger partial charge is 0.311 e. The van der Waals surface area contributed by atoms with E-state index in [2.05, 4.69) is 252 Å². The van der Waals surface area contributed by atoms with E-state index < -0.39 is 0 Å². The summed E-state index contributed by atoms with van der Waals surface area (Å²) >= 11 is 0. The summed E-state index contributed by atoms with van der Waals surface area (Å²) in [5, 5.41) is 5.03. The van der Waals surface area contributed by atoms with Gasteiger partial charge in [-0.05, 0) is 122 Å². The summed E-state index contributed by atoms with van der Waals surface area (Å²) in [7, 11) is 0. The topological polar surface area (TPSA) is 8.17 Å². The van der Waals surface area contributed by atoms with Gasteiger partial charge in [0.2, 0.25) is 0 Å². The lowest BCUT2D eigenvalue weighted by Crippen LogP contribution is -2.09. The smallest absolute Gasteiger partial charge is 0.0547 e. The first-order valence-corrected chi connectivity index (χ1v) is 20.6. The molecule has 282 valence electrons. The SMILES string of the molecule is c1ccc(-c2ccc(N(c3ccc(-c4cccc(-n5c6ccccc6c6cc7ccccc7cc65)c4)cc3)c3ccc(-c4ccccc4-c4ccccc4)cc3)cc2)cc1. The molecule has 0 N–H and O–H groups in total. The Balaban J connectivity index is 0.972. The quantitative estimate of drug-likeness (QED) is 0.150. The van der Waals surface area contributed by atoms with Crippen molar-refractivity contribution in [3.05, 3.63) is 243 Å². The van der Waals surface area contributed by atoms with Gasteiger partial charge in [0.05, 0.1) is 11.0 Å². The molecule has 0 atom stereocenters. The van der Waals surface area contributed by atoms with Gasteiger partial charge in [0.15, 0.2) is 0 Å². The van der Waals surface area contributed by atoms with Crippen LogP contribution in [0.25, 0.3) is 82.8 Å². The molecule has 11 rings (SSSR count). The minimum absolute atomic E-state index is 1.09. The molecule has 0 aliphatic heterocycles. The summed E-state index contributed by atoms with van der Waals surface area (Å²) in [4.78, 5) is 2.35. The predicted molar refractivity (Wildman–Crippen MR) is 255 cm³/mol. The number of nitrogens with zero attached hydrogens (tertiary/aromatic N) is 2. The molecule has 10 aromatic carbocycles. The lowest BCUT2D eigenvalue weighted by Gasteiger charge is -2.26. The van der Waals surface area contributed by atoms with Crippen molar-refractivity contribution in [3.63, 3.8) is 0 Å². The second-order valence-electron chi connectivity index (χ2n) is 15.4. The fourth-order valence-corrected chi connectivity index (χ4v) is 8.84. The standard InChI is InChI=1S/C58H40N2/c1-3-14-41(15-4-1)42-26-32-49(33-27-42)59(51-36-30-45(31-37-51)54-23-10-9-22-53(54)44-16-5-2-6-17-44)50-34-28-43(29-35-50)46-20-13-21-52(38-46)60-57-25-12-11-24-55(57)56-39-47-18-7-8-19-48(47)40-58(56)60/h1-40H. The number of aromatic nitrogens is 1. The van der Waals surface area contributed by atoms with E-state index in [9.17, 15) is 0 Å². The Morgan fingerprint density at radius 1 is 0.267 bits per heavy atom. The van der Waals surface area contributed by atoms with Gasteiger partial charge in [-0.1, -0.05) is 176 Å². The first-order chi connectivity index (χ1) is 29.7. The average Bonchev–Trinajstić information content (AvgIpc) is 3.65. The molecule has 0 unspecified atom stereocenters. The minimum atomic E-state index is 1.09. The van der Waals surface area contributed by atoms with Crippen LogP contribution in [0.15, 0.2) is 243 Å². The molecule has 0 radical (unpaired) electrons. The van der Waals surface area contributed by atoms with Crippen molar-refractivity contribution in [3.8, 4) is 50.2 Å². The third kappa shape index (κ3) is 6.41. The number of para-hydroxylation sites is 1. The molecule has 0 aliphatic carbocycles. The molecular formula is C58H40N2. The molecule has 0 amide bonds. The zero-order valence-corrected chi connectivity index (χ0v) is 33.0. The van der Waals surface area contributed by atoms with Crippen molar-refractivity contribution in [2.45, 2.75) is 0 Å². The number of benzene rings is 10. The third-order valence-electron chi connectivity index (χ3n) is 11.8. The van der Waals surface area contributed by atoms with Crippen LogP contribution >= 0.6 is 0 Å². The maximum Gasteiger partial charge on any atom is 0.0547 e. The number of fused-ring (bicyclic) bond motifs is 4. The van der Waals surface area contributed by atoms with Crippen molar-refractivity contribution in [1.29, 1.82) is 0 Å². The summed E-state index contributed by atoms with van der Waals surface area (Å²) in [6.07, 6.45) is 0. The van der Waals surface area contributed by atoms with E-state index in [1.54, 1.807) is 0 Å². The van der Waals surface area contributed by atoms with Gasteiger partial charge in [0.25, 0.3) is 0 Å². The van der Waals surface area contributed by atoms with Crippen LogP contribution in [-0.2, 0) is 0 Å². The molecule has 60 heavy (non-hydrogen) atoms. The Morgan fingerprint density at radius 2 is 0.717 bits per heavy atom. The van der Waals surface area contributed by atoms with Crippen molar-refractivity contribution >= 4 is 49.6 Å². The van der Waals surface area contributed by atoms with Crippen LogP contribution in [0.5, 0.6) is 0 Å². The second kappa shape index (κ2) is 15.1. The lowest BCUT2D eigenvalue weighted by atomic mass is 9.94. The first-order valence-electron chi connectivity index (χ1n) is 20.6. The van der Waals surface area contributed by atoms with Crippen LogP contribution in [0.1, 0.15) is 0 Å². The monoisotopic (exact) mass is 764 g/mol. The normalized spacial score (nSPS) is 11.3. The number of anilines is 3. The second-order valence-corrected chi connectivity index (χ2v) is 15.4. The summed E-state index contributed by atoms with van der Waals surface area (Å²) in [6, 6.07) is 87.8. The molecule has 0 aliphatic rings. The molecule has 1 heterocycles. The van der Waals surface area contributed by atoms with E-state index in [4.69, 9.17) is 0 Å².